The average Bonchev–Trinajstić information content (AvgIpc) is 2.58. The zero-order chi connectivity index (χ0) is 18.2. The number of rotatable bonds is 8. The third kappa shape index (κ3) is 5.98. The summed E-state index contributed by atoms with van der Waals surface area (Å²) in [7, 11) is 0. The van der Waals surface area contributed by atoms with Gasteiger partial charge in [0.15, 0.2) is 0 Å². The molecule has 25 heavy (non-hydrogen) atoms. The highest BCUT2D eigenvalue weighted by Crippen LogP contribution is 2.21. The largest absolute Gasteiger partial charge is 0.355 e. The maximum atomic E-state index is 13.1. The standard InChI is InChI=1S/C21H27FN2O/c1-15(2)21(18-8-10-19(22)11-9-18)24-14-20(25)23-13-12-17-7-5-4-6-16(17)3/h4-11,15,21,24H,12-14H2,1-3H3,(H,23,25). The summed E-state index contributed by atoms with van der Waals surface area (Å²) in [5.74, 6) is 0.0202. The molecule has 0 aliphatic rings. The van der Waals surface area contributed by atoms with E-state index >= 15 is 0 Å². The Hall–Kier alpha value is -2.20. The van der Waals surface area contributed by atoms with Gasteiger partial charge in [0.1, 0.15) is 5.82 Å². The number of hydrogen-bond donors (Lipinski definition) is 2. The van der Waals surface area contributed by atoms with Crippen molar-refractivity contribution in [1.29, 1.82) is 0 Å². The summed E-state index contributed by atoms with van der Waals surface area (Å²) in [6.07, 6.45) is 0.823. The van der Waals surface area contributed by atoms with Crippen LogP contribution in [0.25, 0.3) is 0 Å². The molecule has 2 N–H and O–H groups in total. The van der Waals surface area contributed by atoms with Gasteiger partial charge in [-0.2, -0.15) is 0 Å². The molecular formula is C21H27FN2O. The fourth-order valence-corrected chi connectivity index (χ4v) is 2.90. The summed E-state index contributed by atoms with van der Waals surface area (Å²) in [6, 6.07) is 14.7. The van der Waals surface area contributed by atoms with E-state index in [0.29, 0.717) is 12.5 Å². The minimum Gasteiger partial charge on any atom is -0.355 e. The summed E-state index contributed by atoms with van der Waals surface area (Å²) >= 11 is 0. The fourth-order valence-electron chi connectivity index (χ4n) is 2.90. The SMILES string of the molecule is Cc1ccccc1CCNC(=O)CNC(c1ccc(F)cc1)C(C)C. The first-order valence-corrected chi connectivity index (χ1v) is 8.77. The van der Waals surface area contributed by atoms with E-state index in [1.807, 2.05) is 12.1 Å². The predicted molar refractivity (Wildman–Crippen MR) is 99.9 cm³/mol. The molecule has 3 nitrogen and oxygen atoms in total. The molecule has 0 fully saturated rings. The van der Waals surface area contributed by atoms with Crippen molar-refractivity contribution in [3.63, 3.8) is 0 Å². The van der Waals surface area contributed by atoms with Gasteiger partial charge in [-0.25, -0.2) is 4.39 Å². The van der Waals surface area contributed by atoms with Crippen LogP contribution in [0.4, 0.5) is 4.39 Å². The molecule has 4 heteroatoms. The highest BCUT2D eigenvalue weighted by atomic mass is 19.1. The summed E-state index contributed by atoms with van der Waals surface area (Å²) in [6.45, 7) is 7.10. The Balaban J connectivity index is 1.81. The van der Waals surface area contributed by atoms with Gasteiger partial charge in [-0.15, -0.1) is 0 Å². The molecule has 134 valence electrons. The van der Waals surface area contributed by atoms with E-state index < -0.39 is 0 Å². The van der Waals surface area contributed by atoms with Crippen LogP contribution in [0.3, 0.4) is 0 Å². The molecule has 0 aliphatic carbocycles. The van der Waals surface area contributed by atoms with Gasteiger partial charge in [0.25, 0.3) is 0 Å². The highest BCUT2D eigenvalue weighted by molar-refractivity contribution is 5.78. The zero-order valence-corrected chi connectivity index (χ0v) is 15.2. The molecule has 0 spiro atoms. The van der Waals surface area contributed by atoms with Crippen LogP contribution in [0.15, 0.2) is 48.5 Å². The number of aryl methyl sites for hydroxylation is 1. The minimum absolute atomic E-state index is 0.0164. The predicted octanol–water partition coefficient (Wildman–Crippen LogP) is 3.78. The van der Waals surface area contributed by atoms with Crippen molar-refractivity contribution in [2.75, 3.05) is 13.1 Å². The third-order valence-electron chi connectivity index (χ3n) is 4.36. The second-order valence-electron chi connectivity index (χ2n) is 6.68. The van der Waals surface area contributed by atoms with Crippen LogP contribution >= 0.6 is 0 Å². The molecule has 0 heterocycles. The van der Waals surface area contributed by atoms with E-state index in [1.54, 1.807) is 12.1 Å². The first-order chi connectivity index (χ1) is 12.0. The monoisotopic (exact) mass is 342 g/mol. The Morgan fingerprint density at radius 1 is 1.08 bits per heavy atom. The molecule has 0 aliphatic heterocycles. The van der Waals surface area contributed by atoms with Gasteiger partial charge in [-0.3, -0.25) is 4.79 Å². The van der Waals surface area contributed by atoms with E-state index in [4.69, 9.17) is 0 Å². The van der Waals surface area contributed by atoms with Crippen molar-refractivity contribution in [1.82, 2.24) is 10.6 Å². The molecule has 0 radical (unpaired) electrons. The quantitative estimate of drug-likeness (QED) is 0.766. The Labute approximate surface area is 149 Å². The van der Waals surface area contributed by atoms with Crippen LogP contribution in [0.1, 0.15) is 36.6 Å². The normalized spacial score (nSPS) is 12.2. The van der Waals surface area contributed by atoms with Crippen molar-refractivity contribution >= 4 is 5.91 Å². The van der Waals surface area contributed by atoms with Gasteiger partial charge < -0.3 is 10.6 Å². The number of carbonyl (C=O) groups excluding carboxylic acids is 1. The van der Waals surface area contributed by atoms with E-state index in [1.165, 1.54) is 23.3 Å². The lowest BCUT2D eigenvalue weighted by atomic mass is 9.96. The van der Waals surface area contributed by atoms with Gasteiger partial charge >= 0.3 is 0 Å². The third-order valence-corrected chi connectivity index (χ3v) is 4.36. The molecule has 0 aromatic heterocycles. The molecular weight excluding hydrogens is 315 g/mol. The lowest BCUT2D eigenvalue weighted by molar-refractivity contribution is -0.120. The smallest absolute Gasteiger partial charge is 0.233 e. The molecule has 0 saturated carbocycles. The maximum Gasteiger partial charge on any atom is 0.233 e. The zero-order valence-electron chi connectivity index (χ0n) is 15.2. The first kappa shape index (κ1) is 19.1. The minimum atomic E-state index is -0.250. The highest BCUT2D eigenvalue weighted by Gasteiger charge is 2.16. The van der Waals surface area contributed by atoms with Gasteiger partial charge in [0.05, 0.1) is 6.54 Å². The Kier molecular flexibility index (Phi) is 7.14. The van der Waals surface area contributed by atoms with E-state index in [9.17, 15) is 9.18 Å². The van der Waals surface area contributed by atoms with Crippen molar-refractivity contribution in [2.45, 2.75) is 33.2 Å². The fraction of sp³-hybridized carbons (Fsp3) is 0.381. The van der Waals surface area contributed by atoms with Gasteiger partial charge in [0.2, 0.25) is 5.91 Å². The van der Waals surface area contributed by atoms with Crippen LogP contribution in [0.2, 0.25) is 0 Å². The summed E-state index contributed by atoms with van der Waals surface area (Å²) < 4.78 is 13.1. The lowest BCUT2D eigenvalue weighted by Crippen LogP contribution is -2.38. The number of halogens is 1. The second-order valence-corrected chi connectivity index (χ2v) is 6.68. The molecule has 2 aromatic carbocycles. The molecule has 1 unspecified atom stereocenters. The molecule has 0 bridgehead atoms. The maximum absolute atomic E-state index is 13.1. The Morgan fingerprint density at radius 3 is 2.40 bits per heavy atom. The number of amides is 1. The molecule has 1 atom stereocenters. The summed E-state index contributed by atoms with van der Waals surface area (Å²) in [4.78, 5) is 12.1. The number of hydrogen-bond acceptors (Lipinski definition) is 2. The first-order valence-electron chi connectivity index (χ1n) is 8.77. The van der Waals surface area contributed by atoms with E-state index in [2.05, 4.69) is 43.5 Å². The van der Waals surface area contributed by atoms with Crippen LogP contribution in [-0.2, 0) is 11.2 Å². The van der Waals surface area contributed by atoms with Crippen LogP contribution in [-0.4, -0.2) is 19.0 Å². The molecule has 2 aromatic rings. The number of benzene rings is 2. The van der Waals surface area contributed by atoms with Crippen LogP contribution in [0, 0.1) is 18.7 Å². The van der Waals surface area contributed by atoms with E-state index in [0.717, 1.165) is 12.0 Å². The molecule has 1 amide bonds. The summed E-state index contributed by atoms with van der Waals surface area (Å²) in [5, 5.41) is 6.23. The van der Waals surface area contributed by atoms with Crippen LogP contribution < -0.4 is 10.6 Å². The number of nitrogens with one attached hydrogen (secondary N) is 2. The Bertz CT molecular complexity index is 683. The van der Waals surface area contributed by atoms with Gasteiger partial charge in [-0.1, -0.05) is 50.2 Å². The van der Waals surface area contributed by atoms with Gasteiger partial charge in [-0.05, 0) is 48.1 Å². The van der Waals surface area contributed by atoms with Crippen molar-refractivity contribution in [3.8, 4) is 0 Å². The Morgan fingerprint density at radius 2 is 1.76 bits per heavy atom. The second kappa shape index (κ2) is 9.33. The van der Waals surface area contributed by atoms with Crippen molar-refractivity contribution in [3.05, 3.63) is 71.0 Å². The summed E-state index contributed by atoms with van der Waals surface area (Å²) in [5.41, 5.74) is 3.48. The number of carbonyl (C=O) groups is 1. The van der Waals surface area contributed by atoms with Crippen molar-refractivity contribution in [2.24, 2.45) is 5.92 Å². The molecule has 2 rings (SSSR count). The topological polar surface area (TPSA) is 41.1 Å². The molecule has 0 saturated heterocycles. The van der Waals surface area contributed by atoms with Crippen molar-refractivity contribution < 1.29 is 9.18 Å². The van der Waals surface area contributed by atoms with E-state index in [-0.39, 0.29) is 24.3 Å². The average molecular weight is 342 g/mol. The van der Waals surface area contributed by atoms with Gasteiger partial charge in [0, 0.05) is 12.6 Å². The van der Waals surface area contributed by atoms with Crippen LogP contribution in [0.5, 0.6) is 0 Å². The lowest BCUT2D eigenvalue weighted by Gasteiger charge is -2.23.